The molecule has 9 nitrogen and oxygen atoms in total. The summed E-state index contributed by atoms with van der Waals surface area (Å²) in [6, 6.07) is 0. The van der Waals surface area contributed by atoms with Crippen molar-refractivity contribution >= 4 is 22.9 Å². The first-order chi connectivity index (χ1) is 10.6. The lowest BCUT2D eigenvalue weighted by atomic mass is 10.3. The lowest BCUT2D eigenvalue weighted by molar-refractivity contribution is -0.683. The number of nitrogen functional groups attached to an aromatic ring is 1. The van der Waals surface area contributed by atoms with E-state index in [2.05, 4.69) is 31.8 Å². The van der Waals surface area contributed by atoms with Gasteiger partial charge >= 0.3 is 0 Å². The van der Waals surface area contributed by atoms with Crippen molar-refractivity contribution in [3.05, 3.63) is 6.33 Å². The molecule has 2 aromatic rings. The molecule has 0 aliphatic carbocycles. The highest BCUT2D eigenvalue weighted by Gasteiger charge is 2.24. The predicted molar refractivity (Wildman–Crippen MR) is 81.3 cm³/mol. The number of aliphatic hydroxyl groups excluding tert-OH is 2. The fourth-order valence-electron chi connectivity index (χ4n) is 2.58. The molecule has 1 aliphatic rings. The summed E-state index contributed by atoms with van der Waals surface area (Å²) in [5, 5.41) is 18.6. The molecule has 2 aromatic heterocycles. The van der Waals surface area contributed by atoms with Gasteiger partial charge in [-0.25, -0.2) is 4.57 Å². The minimum atomic E-state index is -0.859. The van der Waals surface area contributed by atoms with Crippen LogP contribution in [-0.4, -0.2) is 76.0 Å². The van der Waals surface area contributed by atoms with Crippen molar-refractivity contribution in [2.75, 3.05) is 50.5 Å². The van der Waals surface area contributed by atoms with Gasteiger partial charge in [0.1, 0.15) is 6.10 Å². The van der Waals surface area contributed by atoms with E-state index in [-0.39, 0.29) is 13.2 Å². The number of hydrogen-bond donors (Lipinski definition) is 4. The summed E-state index contributed by atoms with van der Waals surface area (Å²) in [5.41, 5.74) is 7.21. The van der Waals surface area contributed by atoms with Crippen LogP contribution in [0.2, 0.25) is 0 Å². The average Bonchev–Trinajstić information content (AvgIpc) is 2.97. The molecular formula is C13H22N7O2+. The van der Waals surface area contributed by atoms with Gasteiger partial charge in [0, 0.05) is 26.2 Å². The molecule has 9 heteroatoms. The zero-order chi connectivity index (χ0) is 15.7. The monoisotopic (exact) mass is 308 g/mol. The smallest absolute Gasteiger partial charge is 0.296 e. The van der Waals surface area contributed by atoms with Crippen LogP contribution in [0.3, 0.4) is 0 Å². The Balaban J connectivity index is 1.94. The number of nitrogens with two attached hydrogens (primary N) is 1. The minimum absolute atomic E-state index is 0.216. The Morgan fingerprint density at radius 2 is 2.14 bits per heavy atom. The lowest BCUT2D eigenvalue weighted by Crippen LogP contribution is -2.45. The van der Waals surface area contributed by atoms with Crippen LogP contribution in [0.4, 0.5) is 11.8 Å². The van der Waals surface area contributed by atoms with Gasteiger partial charge in [-0.15, -0.1) is 0 Å². The fourth-order valence-corrected chi connectivity index (χ4v) is 2.58. The molecule has 3 rings (SSSR count). The second-order valence-corrected chi connectivity index (χ2v) is 5.67. The van der Waals surface area contributed by atoms with Gasteiger partial charge in [0.2, 0.25) is 12.1 Å². The van der Waals surface area contributed by atoms with E-state index in [0.717, 1.165) is 32.1 Å². The van der Waals surface area contributed by atoms with Crippen LogP contribution < -0.4 is 15.2 Å². The Labute approximate surface area is 128 Å². The molecule has 0 aromatic carbocycles. The zero-order valence-electron chi connectivity index (χ0n) is 12.6. The molecule has 0 bridgehead atoms. The number of imidazole rings is 1. The standard InChI is InChI=1S/C13H21N7O2/c1-18-2-4-19(5-3-18)13-16-10-11(14)15-8-20(12(10)17-13)6-9(22)7-21/h8-9,21-22H,2-7H2,1H3,(H2,14,16,17)/p+1. The molecule has 0 radical (unpaired) electrons. The van der Waals surface area contributed by atoms with Crippen molar-refractivity contribution in [1.82, 2.24) is 19.9 Å². The van der Waals surface area contributed by atoms with Crippen LogP contribution in [0.1, 0.15) is 0 Å². The molecule has 1 fully saturated rings. The predicted octanol–water partition coefficient (Wildman–Crippen LogP) is -2.07. The number of aromatic nitrogens is 4. The van der Waals surface area contributed by atoms with Gasteiger partial charge in [-0.1, -0.05) is 9.97 Å². The summed E-state index contributed by atoms with van der Waals surface area (Å²) in [7, 11) is 2.10. The molecule has 5 N–H and O–H groups in total. The highest BCUT2D eigenvalue weighted by molar-refractivity contribution is 5.80. The molecule has 1 aliphatic heterocycles. The third-order valence-corrected chi connectivity index (χ3v) is 3.96. The van der Waals surface area contributed by atoms with Gasteiger partial charge in [0.05, 0.1) is 13.2 Å². The Morgan fingerprint density at radius 3 is 2.82 bits per heavy atom. The Hall–Kier alpha value is -1.97. The number of aromatic amines is 1. The summed E-state index contributed by atoms with van der Waals surface area (Å²) in [6.07, 6.45) is 0.674. The third kappa shape index (κ3) is 2.82. The highest BCUT2D eigenvalue weighted by atomic mass is 16.3. The first-order valence-electron chi connectivity index (χ1n) is 7.34. The Bertz CT molecular complexity index is 651. The molecule has 1 unspecified atom stereocenters. The number of likely N-dealkylation sites (N-methyl/N-ethyl adjacent to an activating group) is 1. The quantitative estimate of drug-likeness (QED) is 0.479. The van der Waals surface area contributed by atoms with Gasteiger partial charge in [0.25, 0.3) is 11.6 Å². The SMILES string of the molecule is CN1CCN(c2nc3c([nH]2)c(N)nc[n+]3CC(O)CO)CC1. The van der Waals surface area contributed by atoms with Crippen molar-refractivity contribution in [2.45, 2.75) is 12.6 Å². The van der Waals surface area contributed by atoms with Crippen LogP contribution in [0.5, 0.6) is 0 Å². The van der Waals surface area contributed by atoms with Crippen molar-refractivity contribution in [2.24, 2.45) is 0 Å². The van der Waals surface area contributed by atoms with E-state index in [9.17, 15) is 5.11 Å². The van der Waals surface area contributed by atoms with E-state index in [0.29, 0.717) is 17.0 Å². The number of nitrogens with one attached hydrogen (secondary N) is 1. The van der Waals surface area contributed by atoms with E-state index in [1.54, 1.807) is 4.57 Å². The van der Waals surface area contributed by atoms with Gasteiger partial charge in [0.15, 0.2) is 5.52 Å². The maximum absolute atomic E-state index is 9.64. The maximum Gasteiger partial charge on any atom is 0.296 e. The van der Waals surface area contributed by atoms with Gasteiger partial charge in [-0.05, 0) is 7.05 Å². The molecule has 0 amide bonds. The van der Waals surface area contributed by atoms with Crippen molar-refractivity contribution < 1.29 is 14.8 Å². The topological polar surface area (TPSA) is 118 Å². The normalized spacial score (nSPS) is 18.0. The number of piperazine rings is 1. The lowest BCUT2D eigenvalue weighted by Gasteiger charge is -2.30. The van der Waals surface area contributed by atoms with Crippen molar-refractivity contribution in [1.29, 1.82) is 0 Å². The van der Waals surface area contributed by atoms with E-state index in [1.807, 2.05) is 0 Å². The third-order valence-electron chi connectivity index (χ3n) is 3.96. The summed E-state index contributed by atoms with van der Waals surface area (Å²) < 4.78 is 1.70. The van der Waals surface area contributed by atoms with Gasteiger partial charge in [-0.2, -0.15) is 0 Å². The molecule has 3 heterocycles. The summed E-state index contributed by atoms with van der Waals surface area (Å²) in [6.45, 7) is 3.65. The molecular weight excluding hydrogens is 286 g/mol. The number of rotatable bonds is 4. The number of aliphatic hydroxyl groups is 2. The molecule has 0 saturated carbocycles. The molecule has 22 heavy (non-hydrogen) atoms. The molecule has 0 spiro atoms. The summed E-state index contributed by atoms with van der Waals surface area (Å²) in [4.78, 5) is 16.4. The molecule has 1 atom stereocenters. The van der Waals surface area contributed by atoms with E-state index < -0.39 is 6.10 Å². The van der Waals surface area contributed by atoms with Gasteiger partial charge < -0.3 is 30.7 Å². The van der Waals surface area contributed by atoms with Crippen LogP contribution in [0.25, 0.3) is 11.2 Å². The summed E-state index contributed by atoms with van der Waals surface area (Å²) >= 11 is 0. The Morgan fingerprint density at radius 1 is 1.41 bits per heavy atom. The first-order valence-corrected chi connectivity index (χ1v) is 7.34. The Kier molecular flexibility index (Phi) is 4.10. The van der Waals surface area contributed by atoms with Crippen LogP contribution in [-0.2, 0) is 6.54 Å². The van der Waals surface area contributed by atoms with Crippen LogP contribution in [0, 0.1) is 0 Å². The van der Waals surface area contributed by atoms with Gasteiger partial charge in [-0.3, -0.25) is 0 Å². The van der Waals surface area contributed by atoms with E-state index >= 15 is 0 Å². The molecule has 1 saturated heterocycles. The maximum atomic E-state index is 9.64. The zero-order valence-corrected chi connectivity index (χ0v) is 12.6. The first kappa shape index (κ1) is 14.9. The second kappa shape index (κ2) is 6.03. The average molecular weight is 308 g/mol. The van der Waals surface area contributed by atoms with Crippen molar-refractivity contribution in [3.63, 3.8) is 0 Å². The van der Waals surface area contributed by atoms with Crippen molar-refractivity contribution in [3.8, 4) is 0 Å². The fraction of sp³-hybridized carbons (Fsp3) is 0.615. The minimum Gasteiger partial charge on any atom is -0.394 e. The number of H-pyrrole nitrogens is 1. The number of nitrogens with zero attached hydrogens (tertiary/aromatic N) is 5. The number of hydrogen-bond acceptors (Lipinski definition) is 7. The highest BCUT2D eigenvalue weighted by Crippen LogP contribution is 2.19. The van der Waals surface area contributed by atoms with E-state index in [1.165, 1.54) is 6.33 Å². The van der Waals surface area contributed by atoms with Crippen LogP contribution >= 0.6 is 0 Å². The number of anilines is 2. The molecule has 120 valence electrons. The second-order valence-electron chi connectivity index (χ2n) is 5.67. The number of fused-ring (bicyclic) bond motifs is 1. The van der Waals surface area contributed by atoms with Crippen LogP contribution in [0.15, 0.2) is 6.33 Å². The van der Waals surface area contributed by atoms with E-state index in [4.69, 9.17) is 10.8 Å². The summed E-state index contributed by atoms with van der Waals surface area (Å²) in [5.74, 6) is 1.13. The largest absolute Gasteiger partial charge is 0.394 e.